The minimum absolute atomic E-state index is 0.444. The van der Waals surface area contributed by atoms with Crippen LogP contribution in [0.5, 0.6) is 0 Å². The quantitative estimate of drug-likeness (QED) is 0.837. The van der Waals surface area contributed by atoms with E-state index in [1.165, 1.54) is 0 Å². The van der Waals surface area contributed by atoms with Gasteiger partial charge < -0.3 is 5.11 Å². The molecule has 60 valence electrons. The number of aliphatic hydroxyl groups is 1. The first-order valence-electron chi connectivity index (χ1n) is 3.25. The second-order valence-electron chi connectivity index (χ2n) is 2.31. The molecule has 0 fully saturated rings. The summed E-state index contributed by atoms with van der Waals surface area (Å²) in [4.78, 5) is 0. The van der Waals surface area contributed by atoms with Crippen molar-refractivity contribution in [3.63, 3.8) is 0 Å². The van der Waals surface area contributed by atoms with Crippen LogP contribution in [-0.4, -0.2) is 5.11 Å². The van der Waals surface area contributed by atoms with Crippen LogP contribution in [0.2, 0.25) is 0 Å². The maximum atomic E-state index is 9.33. The molecule has 0 aliphatic carbocycles. The lowest BCUT2D eigenvalue weighted by atomic mass is 10.1. The van der Waals surface area contributed by atoms with E-state index in [0.717, 1.165) is 14.5 Å². The lowest BCUT2D eigenvalue weighted by molar-refractivity contribution is 0.197. The monoisotopic (exact) mass is 278 g/mol. The lowest BCUT2D eigenvalue weighted by Crippen LogP contribution is -1.93. The molecule has 11 heavy (non-hydrogen) atoms. The largest absolute Gasteiger partial charge is 0.389 e. The van der Waals surface area contributed by atoms with E-state index in [-0.39, 0.29) is 0 Å². The smallest absolute Gasteiger partial charge is 0.0783 e. The van der Waals surface area contributed by atoms with Gasteiger partial charge in [0.05, 0.1) is 6.10 Å². The minimum Gasteiger partial charge on any atom is -0.389 e. The van der Waals surface area contributed by atoms with Gasteiger partial charge in [-0.1, -0.05) is 37.9 Å². The molecule has 0 unspecified atom stereocenters. The lowest BCUT2D eigenvalue weighted by Gasteiger charge is -2.08. The summed E-state index contributed by atoms with van der Waals surface area (Å²) in [6, 6.07) is 5.74. The Kier molecular flexibility index (Phi) is 3.10. The standard InChI is InChI=1S/C8H8Br2O/c1-5(11)8-6(9)3-2-4-7(8)10/h2-5,11H,1H3/t5-/m0/s1. The predicted octanol–water partition coefficient (Wildman–Crippen LogP) is 3.26. The van der Waals surface area contributed by atoms with Crippen LogP contribution in [0.4, 0.5) is 0 Å². The van der Waals surface area contributed by atoms with Gasteiger partial charge in [-0.15, -0.1) is 0 Å². The van der Waals surface area contributed by atoms with Gasteiger partial charge in [0.15, 0.2) is 0 Å². The van der Waals surface area contributed by atoms with E-state index in [1.54, 1.807) is 6.92 Å². The zero-order valence-corrected chi connectivity index (χ0v) is 9.18. The first-order valence-corrected chi connectivity index (χ1v) is 4.83. The summed E-state index contributed by atoms with van der Waals surface area (Å²) in [5.41, 5.74) is 0.896. The van der Waals surface area contributed by atoms with E-state index in [0.29, 0.717) is 0 Å². The molecule has 0 saturated carbocycles. The molecule has 0 heterocycles. The second kappa shape index (κ2) is 3.70. The average molecular weight is 280 g/mol. The van der Waals surface area contributed by atoms with E-state index in [2.05, 4.69) is 31.9 Å². The molecule has 0 aliphatic heterocycles. The molecule has 0 radical (unpaired) electrons. The van der Waals surface area contributed by atoms with Gasteiger partial charge in [-0.25, -0.2) is 0 Å². The van der Waals surface area contributed by atoms with Crippen LogP contribution >= 0.6 is 31.9 Å². The van der Waals surface area contributed by atoms with Crippen LogP contribution in [-0.2, 0) is 0 Å². The molecule has 3 heteroatoms. The highest BCUT2D eigenvalue weighted by atomic mass is 79.9. The van der Waals surface area contributed by atoms with Gasteiger partial charge in [0, 0.05) is 14.5 Å². The molecule has 0 spiro atoms. The molecule has 0 amide bonds. The fourth-order valence-electron chi connectivity index (χ4n) is 0.910. The van der Waals surface area contributed by atoms with E-state index >= 15 is 0 Å². The van der Waals surface area contributed by atoms with Gasteiger partial charge in [-0.3, -0.25) is 0 Å². The molecule has 1 atom stereocenters. The average Bonchev–Trinajstić information content (AvgIpc) is 1.85. The Morgan fingerprint density at radius 1 is 1.27 bits per heavy atom. The van der Waals surface area contributed by atoms with E-state index < -0.39 is 6.10 Å². The first-order chi connectivity index (χ1) is 5.13. The predicted molar refractivity (Wildman–Crippen MR) is 52.5 cm³/mol. The Bertz CT molecular complexity index is 238. The van der Waals surface area contributed by atoms with Crippen LogP contribution in [0.1, 0.15) is 18.6 Å². The van der Waals surface area contributed by atoms with Gasteiger partial charge in [-0.05, 0) is 19.1 Å². The second-order valence-corrected chi connectivity index (χ2v) is 4.02. The molecule has 1 aromatic rings. The van der Waals surface area contributed by atoms with E-state index in [1.807, 2.05) is 18.2 Å². The maximum Gasteiger partial charge on any atom is 0.0783 e. The van der Waals surface area contributed by atoms with E-state index in [9.17, 15) is 5.11 Å². The molecular weight excluding hydrogens is 272 g/mol. The van der Waals surface area contributed by atoms with Crippen molar-refractivity contribution in [3.05, 3.63) is 32.7 Å². The number of benzene rings is 1. The summed E-state index contributed by atoms with van der Waals surface area (Å²) in [6.45, 7) is 1.74. The number of halogens is 2. The Hall–Kier alpha value is 0.140. The molecule has 0 aliphatic rings. The number of hydrogen-bond acceptors (Lipinski definition) is 1. The van der Waals surface area contributed by atoms with Gasteiger partial charge in [0.1, 0.15) is 0 Å². The van der Waals surface area contributed by atoms with E-state index in [4.69, 9.17) is 0 Å². The van der Waals surface area contributed by atoms with Crippen molar-refractivity contribution in [2.24, 2.45) is 0 Å². The zero-order chi connectivity index (χ0) is 8.43. The number of aliphatic hydroxyl groups excluding tert-OH is 1. The van der Waals surface area contributed by atoms with Crippen molar-refractivity contribution in [1.82, 2.24) is 0 Å². The summed E-state index contributed by atoms with van der Waals surface area (Å²) in [6.07, 6.45) is -0.444. The zero-order valence-electron chi connectivity index (χ0n) is 6.01. The van der Waals surface area contributed by atoms with Crippen LogP contribution in [0.3, 0.4) is 0 Å². The number of rotatable bonds is 1. The molecule has 0 aromatic heterocycles. The first kappa shape index (κ1) is 9.23. The Morgan fingerprint density at radius 3 is 2.00 bits per heavy atom. The molecule has 1 nitrogen and oxygen atoms in total. The third-order valence-electron chi connectivity index (χ3n) is 1.42. The van der Waals surface area contributed by atoms with Gasteiger partial charge in [0.2, 0.25) is 0 Å². The van der Waals surface area contributed by atoms with Crippen molar-refractivity contribution in [3.8, 4) is 0 Å². The Balaban J connectivity index is 3.21. The van der Waals surface area contributed by atoms with Crippen molar-refractivity contribution >= 4 is 31.9 Å². The summed E-state index contributed by atoms with van der Waals surface area (Å²) >= 11 is 6.72. The maximum absolute atomic E-state index is 9.33. The van der Waals surface area contributed by atoms with Gasteiger partial charge in [-0.2, -0.15) is 0 Å². The fourth-order valence-corrected chi connectivity index (χ4v) is 2.57. The topological polar surface area (TPSA) is 20.2 Å². The van der Waals surface area contributed by atoms with Crippen molar-refractivity contribution in [2.45, 2.75) is 13.0 Å². The summed E-state index contributed by atoms with van der Waals surface area (Å²) < 4.78 is 1.86. The van der Waals surface area contributed by atoms with Crippen LogP contribution < -0.4 is 0 Å². The summed E-state index contributed by atoms with van der Waals surface area (Å²) in [5.74, 6) is 0. The van der Waals surface area contributed by atoms with Crippen molar-refractivity contribution < 1.29 is 5.11 Å². The van der Waals surface area contributed by atoms with Gasteiger partial charge in [0.25, 0.3) is 0 Å². The third-order valence-corrected chi connectivity index (χ3v) is 2.80. The highest BCUT2D eigenvalue weighted by Crippen LogP contribution is 2.30. The Morgan fingerprint density at radius 2 is 1.73 bits per heavy atom. The number of hydrogen-bond donors (Lipinski definition) is 1. The molecule has 1 rings (SSSR count). The molecule has 0 saturated heterocycles. The highest BCUT2D eigenvalue weighted by Gasteiger charge is 2.08. The normalized spacial score (nSPS) is 13.1. The van der Waals surface area contributed by atoms with Crippen LogP contribution in [0.25, 0.3) is 0 Å². The molecule has 0 bridgehead atoms. The highest BCUT2D eigenvalue weighted by molar-refractivity contribution is 9.11. The molecule has 1 aromatic carbocycles. The molecule has 1 N–H and O–H groups in total. The summed E-state index contributed by atoms with van der Waals surface area (Å²) in [5, 5.41) is 9.33. The molecular formula is C8H8Br2O. The fraction of sp³-hybridized carbons (Fsp3) is 0.250. The minimum atomic E-state index is -0.444. The third kappa shape index (κ3) is 2.04. The SMILES string of the molecule is C[C@H](O)c1c(Br)cccc1Br. The van der Waals surface area contributed by atoms with Crippen LogP contribution in [0, 0.1) is 0 Å². The van der Waals surface area contributed by atoms with Crippen molar-refractivity contribution in [1.29, 1.82) is 0 Å². The summed E-state index contributed by atoms with van der Waals surface area (Å²) in [7, 11) is 0. The van der Waals surface area contributed by atoms with Crippen molar-refractivity contribution in [2.75, 3.05) is 0 Å². The Labute approximate surface area is 82.7 Å². The van der Waals surface area contributed by atoms with Gasteiger partial charge >= 0.3 is 0 Å². The van der Waals surface area contributed by atoms with Crippen LogP contribution in [0.15, 0.2) is 27.1 Å².